The van der Waals surface area contributed by atoms with Gasteiger partial charge in [0.05, 0.1) is 6.04 Å². The summed E-state index contributed by atoms with van der Waals surface area (Å²) in [6.45, 7) is 4.23. The van der Waals surface area contributed by atoms with Crippen LogP contribution in [0.25, 0.3) is 0 Å². The van der Waals surface area contributed by atoms with E-state index in [1.54, 1.807) is 0 Å². The van der Waals surface area contributed by atoms with E-state index in [0.717, 1.165) is 15.9 Å². The lowest BCUT2D eigenvalue weighted by Gasteiger charge is -2.28. The van der Waals surface area contributed by atoms with Gasteiger partial charge in [-0.15, -0.1) is 0 Å². The van der Waals surface area contributed by atoms with Crippen LogP contribution in [-0.2, 0) is 0 Å². The highest BCUT2D eigenvalue weighted by Crippen LogP contribution is 2.45. The van der Waals surface area contributed by atoms with E-state index in [-0.39, 0.29) is 11.6 Å². The predicted octanol–water partition coefficient (Wildman–Crippen LogP) is 4.77. The molecule has 2 nitrogen and oxygen atoms in total. The van der Waals surface area contributed by atoms with Crippen molar-refractivity contribution in [3.63, 3.8) is 0 Å². The number of nitrogens with one attached hydrogen (secondary N) is 1. The third-order valence-electron chi connectivity index (χ3n) is 3.47. The first kappa shape index (κ1) is 12.5. The zero-order chi connectivity index (χ0) is 13.5. The molecule has 1 aliphatic heterocycles. The summed E-state index contributed by atoms with van der Waals surface area (Å²) in [5.41, 5.74) is 2.03. The Hall–Kier alpha value is -1.48. The lowest BCUT2D eigenvalue weighted by Crippen LogP contribution is -2.34. The van der Waals surface area contributed by atoms with E-state index in [2.05, 4.69) is 53.3 Å². The highest BCUT2D eigenvalue weighted by Gasteiger charge is 2.41. The van der Waals surface area contributed by atoms with Gasteiger partial charge in [-0.1, -0.05) is 30.3 Å². The molecule has 1 atom stereocenters. The zero-order valence-corrected chi connectivity index (χ0v) is 12.6. The van der Waals surface area contributed by atoms with Crippen LogP contribution >= 0.6 is 15.9 Å². The molecule has 0 aromatic heterocycles. The van der Waals surface area contributed by atoms with Gasteiger partial charge in [-0.2, -0.15) is 0 Å². The van der Waals surface area contributed by atoms with Crippen molar-refractivity contribution < 1.29 is 4.74 Å². The standard InChI is InChI=1S/C16H16BrNO/c1-16(2)15(11-7-3-6-10-14(11)19-16)18-13-9-5-4-8-12(13)17/h3-10,15,18H,1-2H3. The molecule has 1 heterocycles. The van der Waals surface area contributed by atoms with E-state index in [4.69, 9.17) is 4.74 Å². The number of ether oxygens (including phenoxy) is 1. The van der Waals surface area contributed by atoms with E-state index in [1.807, 2.05) is 30.3 Å². The summed E-state index contributed by atoms with van der Waals surface area (Å²) in [7, 11) is 0. The van der Waals surface area contributed by atoms with Crippen molar-refractivity contribution in [2.45, 2.75) is 25.5 Å². The molecule has 1 N–H and O–H groups in total. The fourth-order valence-electron chi connectivity index (χ4n) is 2.51. The molecule has 0 fully saturated rings. The lowest BCUT2D eigenvalue weighted by atomic mass is 9.94. The summed E-state index contributed by atoms with van der Waals surface area (Å²) < 4.78 is 7.11. The van der Waals surface area contributed by atoms with Crippen LogP contribution < -0.4 is 10.1 Å². The molecule has 0 radical (unpaired) electrons. The predicted molar refractivity (Wildman–Crippen MR) is 81.7 cm³/mol. The Morgan fingerprint density at radius 3 is 2.53 bits per heavy atom. The van der Waals surface area contributed by atoms with Crippen molar-refractivity contribution in [3.05, 3.63) is 58.6 Å². The first-order chi connectivity index (χ1) is 9.08. The van der Waals surface area contributed by atoms with Gasteiger partial charge < -0.3 is 10.1 Å². The van der Waals surface area contributed by atoms with Crippen molar-refractivity contribution in [2.75, 3.05) is 5.32 Å². The van der Waals surface area contributed by atoms with E-state index in [9.17, 15) is 0 Å². The Bertz CT molecular complexity index is 609. The maximum atomic E-state index is 6.04. The van der Waals surface area contributed by atoms with Gasteiger partial charge in [-0.25, -0.2) is 0 Å². The van der Waals surface area contributed by atoms with Crippen molar-refractivity contribution in [1.29, 1.82) is 0 Å². The summed E-state index contributed by atoms with van der Waals surface area (Å²) in [5, 5.41) is 3.58. The van der Waals surface area contributed by atoms with E-state index >= 15 is 0 Å². The van der Waals surface area contributed by atoms with Gasteiger partial charge in [-0.3, -0.25) is 0 Å². The molecular weight excluding hydrogens is 302 g/mol. The van der Waals surface area contributed by atoms with Gasteiger partial charge in [0.2, 0.25) is 0 Å². The highest BCUT2D eigenvalue weighted by atomic mass is 79.9. The number of para-hydroxylation sites is 2. The molecule has 98 valence electrons. The Kier molecular flexibility index (Phi) is 3.02. The number of anilines is 1. The zero-order valence-electron chi connectivity index (χ0n) is 11.0. The summed E-state index contributed by atoms with van der Waals surface area (Å²) in [6.07, 6.45) is 0. The van der Waals surface area contributed by atoms with Crippen LogP contribution in [0.2, 0.25) is 0 Å². The Morgan fingerprint density at radius 1 is 1.05 bits per heavy atom. The van der Waals surface area contributed by atoms with E-state index < -0.39 is 0 Å². The SMILES string of the molecule is CC1(C)Oc2ccccc2C1Nc1ccccc1Br. The molecule has 0 spiro atoms. The van der Waals surface area contributed by atoms with Crippen LogP contribution in [0.4, 0.5) is 5.69 Å². The first-order valence-electron chi connectivity index (χ1n) is 6.37. The number of rotatable bonds is 2. The summed E-state index contributed by atoms with van der Waals surface area (Å²) in [6, 6.07) is 16.5. The second-order valence-electron chi connectivity index (χ2n) is 5.30. The molecule has 0 bridgehead atoms. The van der Waals surface area contributed by atoms with Crippen LogP contribution in [0.1, 0.15) is 25.5 Å². The Morgan fingerprint density at radius 2 is 1.74 bits per heavy atom. The topological polar surface area (TPSA) is 21.3 Å². The molecule has 0 amide bonds. The van der Waals surface area contributed by atoms with Gasteiger partial charge >= 0.3 is 0 Å². The minimum Gasteiger partial charge on any atom is -0.485 e. The van der Waals surface area contributed by atoms with Crippen molar-refractivity contribution in [2.24, 2.45) is 0 Å². The summed E-state index contributed by atoms with van der Waals surface area (Å²) >= 11 is 3.58. The lowest BCUT2D eigenvalue weighted by molar-refractivity contribution is 0.118. The largest absolute Gasteiger partial charge is 0.485 e. The van der Waals surface area contributed by atoms with E-state index in [1.165, 1.54) is 5.56 Å². The summed E-state index contributed by atoms with van der Waals surface area (Å²) in [4.78, 5) is 0. The maximum absolute atomic E-state index is 6.04. The number of fused-ring (bicyclic) bond motifs is 1. The van der Waals surface area contributed by atoms with Gasteiger partial charge in [0.1, 0.15) is 11.4 Å². The third kappa shape index (κ3) is 2.23. The number of hydrogen-bond acceptors (Lipinski definition) is 2. The van der Waals surface area contributed by atoms with Crippen LogP contribution in [0.15, 0.2) is 53.0 Å². The number of halogens is 1. The van der Waals surface area contributed by atoms with E-state index in [0.29, 0.717) is 0 Å². The molecular formula is C16H16BrNO. The molecule has 3 heteroatoms. The average molecular weight is 318 g/mol. The smallest absolute Gasteiger partial charge is 0.128 e. The van der Waals surface area contributed by atoms with Crippen molar-refractivity contribution >= 4 is 21.6 Å². The molecule has 19 heavy (non-hydrogen) atoms. The molecule has 0 aliphatic carbocycles. The van der Waals surface area contributed by atoms with Gasteiger partial charge in [-0.05, 0) is 48.0 Å². The van der Waals surface area contributed by atoms with Crippen LogP contribution in [-0.4, -0.2) is 5.60 Å². The first-order valence-corrected chi connectivity index (χ1v) is 7.16. The molecule has 1 unspecified atom stereocenters. The fourth-order valence-corrected chi connectivity index (χ4v) is 2.91. The van der Waals surface area contributed by atoms with Crippen LogP contribution in [0.5, 0.6) is 5.75 Å². The molecule has 2 aromatic rings. The number of benzene rings is 2. The molecule has 3 rings (SSSR count). The Labute approximate surface area is 121 Å². The number of hydrogen-bond donors (Lipinski definition) is 1. The maximum Gasteiger partial charge on any atom is 0.128 e. The second kappa shape index (κ2) is 4.57. The molecule has 0 saturated carbocycles. The van der Waals surface area contributed by atoms with Crippen LogP contribution in [0.3, 0.4) is 0 Å². The van der Waals surface area contributed by atoms with Crippen LogP contribution in [0, 0.1) is 0 Å². The fraction of sp³-hybridized carbons (Fsp3) is 0.250. The molecule has 1 aliphatic rings. The minimum atomic E-state index is -0.265. The second-order valence-corrected chi connectivity index (χ2v) is 6.15. The van der Waals surface area contributed by atoms with Gasteiger partial charge in [0.25, 0.3) is 0 Å². The van der Waals surface area contributed by atoms with Crippen molar-refractivity contribution in [3.8, 4) is 5.75 Å². The average Bonchev–Trinajstić information content (AvgIpc) is 2.63. The quantitative estimate of drug-likeness (QED) is 0.861. The third-order valence-corrected chi connectivity index (χ3v) is 4.16. The summed E-state index contributed by atoms with van der Waals surface area (Å²) in [5.74, 6) is 0.969. The Balaban J connectivity index is 1.98. The molecule has 2 aromatic carbocycles. The highest BCUT2D eigenvalue weighted by molar-refractivity contribution is 9.10. The van der Waals surface area contributed by atoms with Gasteiger partial charge in [0.15, 0.2) is 0 Å². The monoisotopic (exact) mass is 317 g/mol. The minimum absolute atomic E-state index is 0.141. The molecule has 0 saturated heterocycles. The van der Waals surface area contributed by atoms with Gasteiger partial charge in [0, 0.05) is 15.7 Å². The normalized spacial score (nSPS) is 19.6. The van der Waals surface area contributed by atoms with Crippen molar-refractivity contribution in [1.82, 2.24) is 0 Å².